The molecule has 0 radical (unpaired) electrons. The van der Waals surface area contributed by atoms with Crippen LogP contribution in [0.2, 0.25) is 0 Å². The van der Waals surface area contributed by atoms with Gasteiger partial charge in [0, 0.05) is 13.0 Å². The molecule has 3 heterocycles. The third-order valence-electron chi connectivity index (χ3n) is 6.24. The van der Waals surface area contributed by atoms with E-state index in [0.717, 1.165) is 44.1 Å². The van der Waals surface area contributed by atoms with Crippen LogP contribution in [0.3, 0.4) is 0 Å². The van der Waals surface area contributed by atoms with E-state index < -0.39 is 6.10 Å². The van der Waals surface area contributed by atoms with Crippen LogP contribution in [0.15, 0.2) is 30.3 Å². The van der Waals surface area contributed by atoms with Gasteiger partial charge in [-0.25, -0.2) is 0 Å². The van der Waals surface area contributed by atoms with E-state index in [1.54, 1.807) is 0 Å². The summed E-state index contributed by atoms with van der Waals surface area (Å²) >= 11 is 0. The van der Waals surface area contributed by atoms with Gasteiger partial charge in [0.2, 0.25) is 0 Å². The predicted molar refractivity (Wildman–Crippen MR) is 106 cm³/mol. The van der Waals surface area contributed by atoms with Crippen molar-refractivity contribution in [1.29, 1.82) is 0 Å². The largest absolute Gasteiger partial charge is 0.460 e. The quantitative estimate of drug-likeness (QED) is 0.503. The molecule has 6 nitrogen and oxygen atoms in total. The fourth-order valence-corrected chi connectivity index (χ4v) is 4.64. The van der Waals surface area contributed by atoms with Crippen molar-refractivity contribution in [3.8, 4) is 0 Å². The van der Waals surface area contributed by atoms with Crippen molar-refractivity contribution in [2.24, 2.45) is 0 Å². The lowest BCUT2D eigenvalue weighted by Gasteiger charge is -2.24. The molecule has 0 aliphatic carbocycles. The maximum atomic E-state index is 11.3. The zero-order valence-electron chi connectivity index (χ0n) is 16.9. The Morgan fingerprint density at radius 3 is 2.45 bits per heavy atom. The van der Waals surface area contributed by atoms with E-state index in [9.17, 15) is 9.90 Å². The van der Waals surface area contributed by atoms with E-state index in [1.165, 1.54) is 0 Å². The van der Waals surface area contributed by atoms with Crippen LogP contribution in [0.1, 0.15) is 56.9 Å². The molecule has 3 fully saturated rings. The van der Waals surface area contributed by atoms with Gasteiger partial charge in [-0.05, 0) is 50.5 Å². The minimum Gasteiger partial charge on any atom is -0.460 e. The minimum absolute atomic E-state index is 0.000729. The summed E-state index contributed by atoms with van der Waals surface area (Å²) in [6.07, 6.45) is 5.76. The molecule has 6 heteroatoms. The second kappa shape index (κ2) is 10.0. The van der Waals surface area contributed by atoms with Gasteiger partial charge in [0.25, 0.3) is 0 Å². The molecule has 0 saturated carbocycles. The number of esters is 1. The summed E-state index contributed by atoms with van der Waals surface area (Å²) in [7, 11) is 0. The lowest BCUT2D eigenvalue weighted by Crippen LogP contribution is -2.33. The molecule has 1 aromatic carbocycles. The molecule has 3 saturated heterocycles. The van der Waals surface area contributed by atoms with Gasteiger partial charge in [0.05, 0.1) is 37.1 Å². The molecule has 3 aliphatic rings. The third kappa shape index (κ3) is 5.57. The number of cyclic esters (lactones) is 1. The highest BCUT2D eigenvalue weighted by Gasteiger charge is 2.43. The number of rotatable bonds is 9. The Labute approximate surface area is 172 Å². The molecule has 1 N–H and O–H groups in total. The highest BCUT2D eigenvalue weighted by molar-refractivity contribution is 5.71. The number of carbonyl (C=O) groups excluding carboxylic acids is 1. The van der Waals surface area contributed by atoms with Gasteiger partial charge in [-0.3, -0.25) is 4.79 Å². The summed E-state index contributed by atoms with van der Waals surface area (Å²) in [5, 5.41) is 10.5. The number of hydrogen-bond acceptors (Lipinski definition) is 6. The Bertz CT molecular complexity index is 650. The molecule has 0 spiro atoms. The summed E-state index contributed by atoms with van der Waals surface area (Å²) < 4.78 is 23.3. The fourth-order valence-electron chi connectivity index (χ4n) is 4.64. The monoisotopic (exact) mass is 404 g/mol. The standard InChI is InChI=1S/C23H32O6/c24-17(7-4-14-26-15-16-5-2-1-3-6-16)18-8-9-19(27-18)20-10-11-21(28-20)22-12-13-23(25)29-22/h1-3,5-6,17-22,24H,4,7-15H2/t17-,18-,19+,20-,21+,22+/m0/s1. The van der Waals surface area contributed by atoms with Crippen LogP contribution in [0.5, 0.6) is 0 Å². The number of ether oxygens (including phenoxy) is 4. The van der Waals surface area contributed by atoms with Gasteiger partial charge in [-0.15, -0.1) is 0 Å². The van der Waals surface area contributed by atoms with Crippen molar-refractivity contribution < 1.29 is 28.8 Å². The van der Waals surface area contributed by atoms with Gasteiger partial charge >= 0.3 is 5.97 Å². The van der Waals surface area contributed by atoms with Gasteiger partial charge in [-0.1, -0.05) is 30.3 Å². The number of aliphatic hydroxyl groups is 1. The molecule has 6 atom stereocenters. The first-order chi connectivity index (χ1) is 14.2. The van der Waals surface area contributed by atoms with Gasteiger partial charge in [-0.2, -0.15) is 0 Å². The first kappa shape index (κ1) is 20.8. The van der Waals surface area contributed by atoms with E-state index in [0.29, 0.717) is 26.1 Å². The Morgan fingerprint density at radius 1 is 0.966 bits per heavy atom. The van der Waals surface area contributed by atoms with Crippen LogP contribution in [0.4, 0.5) is 0 Å². The molecular formula is C23H32O6. The van der Waals surface area contributed by atoms with Crippen molar-refractivity contribution in [3.05, 3.63) is 35.9 Å². The van der Waals surface area contributed by atoms with E-state index in [4.69, 9.17) is 18.9 Å². The second-order valence-corrected chi connectivity index (χ2v) is 8.40. The van der Waals surface area contributed by atoms with Crippen LogP contribution in [0, 0.1) is 0 Å². The van der Waals surface area contributed by atoms with E-state index in [-0.39, 0.29) is 36.5 Å². The van der Waals surface area contributed by atoms with Crippen molar-refractivity contribution >= 4 is 5.97 Å². The first-order valence-electron chi connectivity index (χ1n) is 11.0. The molecule has 3 aliphatic heterocycles. The van der Waals surface area contributed by atoms with Crippen molar-refractivity contribution in [2.45, 2.75) is 94.6 Å². The molecule has 29 heavy (non-hydrogen) atoms. The maximum Gasteiger partial charge on any atom is 0.306 e. The molecule has 0 amide bonds. The molecule has 4 rings (SSSR count). The predicted octanol–water partition coefficient (Wildman–Crippen LogP) is 3.15. The molecule has 0 bridgehead atoms. The van der Waals surface area contributed by atoms with Crippen molar-refractivity contribution in [1.82, 2.24) is 0 Å². The summed E-state index contributed by atoms with van der Waals surface area (Å²) in [6, 6.07) is 10.1. The Morgan fingerprint density at radius 2 is 1.69 bits per heavy atom. The van der Waals surface area contributed by atoms with Gasteiger partial charge < -0.3 is 24.1 Å². The third-order valence-corrected chi connectivity index (χ3v) is 6.24. The Kier molecular flexibility index (Phi) is 7.19. The lowest BCUT2D eigenvalue weighted by molar-refractivity contribution is -0.149. The van der Waals surface area contributed by atoms with Crippen molar-refractivity contribution in [3.63, 3.8) is 0 Å². The molecule has 1 aromatic rings. The average molecular weight is 405 g/mol. The molecule has 0 unspecified atom stereocenters. The number of benzene rings is 1. The smallest absolute Gasteiger partial charge is 0.306 e. The highest BCUT2D eigenvalue weighted by atomic mass is 16.6. The fraction of sp³-hybridized carbons (Fsp3) is 0.696. The second-order valence-electron chi connectivity index (χ2n) is 8.40. The zero-order chi connectivity index (χ0) is 20.1. The number of hydrogen-bond donors (Lipinski definition) is 1. The number of carbonyl (C=O) groups is 1. The molecular weight excluding hydrogens is 372 g/mol. The summed E-state index contributed by atoms with van der Waals surface area (Å²) in [5.41, 5.74) is 1.16. The topological polar surface area (TPSA) is 74.2 Å². The minimum atomic E-state index is -0.465. The van der Waals surface area contributed by atoms with Crippen LogP contribution in [0.25, 0.3) is 0 Å². The summed E-state index contributed by atoms with van der Waals surface area (Å²) in [6.45, 7) is 1.24. The SMILES string of the molecule is O=C1CC[C@H]([C@H]2CC[C@@H]([C@H]3CC[C@@H]([C@@H](O)CCCOCc4ccccc4)O3)O2)O1. The maximum absolute atomic E-state index is 11.3. The van der Waals surface area contributed by atoms with Crippen LogP contribution in [-0.2, 0) is 30.3 Å². The van der Waals surface area contributed by atoms with Crippen molar-refractivity contribution in [2.75, 3.05) is 6.61 Å². The van der Waals surface area contributed by atoms with Crippen LogP contribution < -0.4 is 0 Å². The summed E-state index contributed by atoms with van der Waals surface area (Å²) in [4.78, 5) is 11.3. The van der Waals surface area contributed by atoms with E-state index >= 15 is 0 Å². The zero-order valence-corrected chi connectivity index (χ0v) is 16.9. The van der Waals surface area contributed by atoms with E-state index in [2.05, 4.69) is 0 Å². The van der Waals surface area contributed by atoms with Crippen LogP contribution in [-0.4, -0.2) is 54.3 Å². The average Bonchev–Trinajstić information content (AvgIpc) is 3.48. The van der Waals surface area contributed by atoms with Gasteiger partial charge in [0.15, 0.2) is 0 Å². The van der Waals surface area contributed by atoms with Gasteiger partial charge in [0.1, 0.15) is 6.10 Å². The van der Waals surface area contributed by atoms with Crippen LogP contribution >= 0.6 is 0 Å². The Balaban J connectivity index is 1.12. The summed E-state index contributed by atoms with van der Waals surface area (Å²) in [5.74, 6) is -0.116. The Hall–Kier alpha value is -1.47. The normalized spacial score (nSPS) is 33.1. The van der Waals surface area contributed by atoms with E-state index in [1.807, 2.05) is 30.3 Å². The first-order valence-corrected chi connectivity index (χ1v) is 11.0. The molecule has 0 aromatic heterocycles. The lowest BCUT2D eigenvalue weighted by atomic mass is 10.0. The number of aliphatic hydroxyl groups excluding tert-OH is 1. The highest BCUT2D eigenvalue weighted by Crippen LogP contribution is 2.36. The molecule has 160 valence electrons.